The average Bonchev–Trinajstić information content (AvgIpc) is 2.46. The molecule has 0 bridgehead atoms. The Morgan fingerprint density at radius 2 is 1.95 bits per heavy atom. The first-order chi connectivity index (χ1) is 9.19. The average molecular weight is 257 g/mol. The van der Waals surface area contributed by atoms with Crippen molar-refractivity contribution in [3.8, 4) is 5.75 Å². The van der Waals surface area contributed by atoms with E-state index in [-0.39, 0.29) is 5.91 Å². The standard InChI is InChI=1S/C14H15N3O2/c1-10-3-5-11(6-4-10)17-19-12-7-8-16-13(9-12)14(18)15-2/h3-9,17H,1-2H3,(H,15,18). The fourth-order valence-electron chi connectivity index (χ4n) is 1.47. The Labute approximate surface area is 111 Å². The third-order valence-corrected chi connectivity index (χ3v) is 2.53. The molecule has 1 heterocycles. The minimum Gasteiger partial charge on any atom is -0.382 e. The Morgan fingerprint density at radius 3 is 2.63 bits per heavy atom. The first-order valence-corrected chi connectivity index (χ1v) is 5.86. The molecule has 0 aliphatic rings. The lowest BCUT2D eigenvalue weighted by Crippen LogP contribution is -2.19. The number of rotatable bonds is 4. The van der Waals surface area contributed by atoms with Crippen molar-refractivity contribution in [1.29, 1.82) is 0 Å². The van der Waals surface area contributed by atoms with Crippen molar-refractivity contribution in [2.24, 2.45) is 0 Å². The van der Waals surface area contributed by atoms with Crippen LogP contribution in [0.3, 0.4) is 0 Å². The van der Waals surface area contributed by atoms with Gasteiger partial charge in [-0.3, -0.25) is 9.78 Å². The predicted molar refractivity (Wildman–Crippen MR) is 73.1 cm³/mol. The van der Waals surface area contributed by atoms with Gasteiger partial charge in [-0.05, 0) is 19.1 Å². The van der Waals surface area contributed by atoms with E-state index in [1.54, 1.807) is 19.2 Å². The van der Waals surface area contributed by atoms with E-state index in [0.29, 0.717) is 11.4 Å². The van der Waals surface area contributed by atoms with Crippen LogP contribution in [-0.4, -0.2) is 17.9 Å². The Morgan fingerprint density at radius 1 is 1.21 bits per heavy atom. The minimum atomic E-state index is -0.249. The second-order valence-electron chi connectivity index (χ2n) is 4.03. The van der Waals surface area contributed by atoms with Gasteiger partial charge in [-0.15, -0.1) is 0 Å². The highest BCUT2D eigenvalue weighted by molar-refractivity contribution is 5.92. The van der Waals surface area contributed by atoms with Crippen molar-refractivity contribution in [3.63, 3.8) is 0 Å². The van der Waals surface area contributed by atoms with Crippen LogP contribution in [0.5, 0.6) is 5.75 Å². The van der Waals surface area contributed by atoms with Crippen LogP contribution in [0.15, 0.2) is 42.6 Å². The molecule has 1 aromatic carbocycles. The number of anilines is 1. The number of aromatic nitrogens is 1. The fraction of sp³-hybridized carbons (Fsp3) is 0.143. The Bertz CT molecular complexity index is 567. The quantitative estimate of drug-likeness (QED) is 0.824. The van der Waals surface area contributed by atoms with Gasteiger partial charge in [0.15, 0.2) is 5.75 Å². The molecule has 2 aromatic rings. The Hall–Kier alpha value is -2.56. The van der Waals surface area contributed by atoms with Crippen LogP contribution in [0.25, 0.3) is 0 Å². The summed E-state index contributed by atoms with van der Waals surface area (Å²) >= 11 is 0. The molecule has 5 nitrogen and oxygen atoms in total. The molecule has 0 atom stereocenters. The molecule has 2 rings (SSSR count). The summed E-state index contributed by atoms with van der Waals surface area (Å²) < 4.78 is 0. The Balaban J connectivity index is 2.03. The summed E-state index contributed by atoms with van der Waals surface area (Å²) in [5.74, 6) is 0.273. The summed E-state index contributed by atoms with van der Waals surface area (Å²) in [6.07, 6.45) is 1.52. The van der Waals surface area contributed by atoms with Gasteiger partial charge in [-0.25, -0.2) is 5.48 Å². The molecular formula is C14H15N3O2. The lowest BCUT2D eigenvalue weighted by atomic mass is 10.2. The highest BCUT2D eigenvalue weighted by Crippen LogP contribution is 2.14. The minimum absolute atomic E-state index is 0.249. The first-order valence-electron chi connectivity index (χ1n) is 5.86. The van der Waals surface area contributed by atoms with Crippen LogP contribution in [0, 0.1) is 6.92 Å². The third-order valence-electron chi connectivity index (χ3n) is 2.53. The second-order valence-corrected chi connectivity index (χ2v) is 4.03. The summed E-state index contributed by atoms with van der Waals surface area (Å²) in [6.45, 7) is 2.02. The molecule has 2 N–H and O–H groups in total. The maximum absolute atomic E-state index is 11.4. The summed E-state index contributed by atoms with van der Waals surface area (Å²) in [5, 5.41) is 2.51. The highest BCUT2D eigenvalue weighted by atomic mass is 16.6. The largest absolute Gasteiger partial charge is 0.382 e. The van der Waals surface area contributed by atoms with E-state index in [4.69, 9.17) is 4.84 Å². The van der Waals surface area contributed by atoms with Crippen LogP contribution in [0.4, 0.5) is 5.69 Å². The predicted octanol–water partition coefficient (Wildman–Crippen LogP) is 2.16. The normalized spacial score (nSPS) is 9.79. The van der Waals surface area contributed by atoms with Gasteiger partial charge in [0, 0.05) is 25.4 Å². The van der Waals surface area contributed by atoms with Crippen LogP contribution < -0.4 is 15.6 Å². The van der Waals surface area contributed by atoms with E-state index in [0.717, 1.165) is 5.69 Å². The van der Waals surface area contributed by atoms with Crippen molar-refractivity contribution < 1.29 is 9.63 Å². The van der Waals surface area contributed by atoms with Crippen LogP contribution >= 0.6 is 0 Å². The molecule has 98 valence electrons. The molecular weight excluding hydrogens is 242 g/mol. The molecule has 1 amide bonds. The number of aryl methyl sites for hydroxylation is 1. The topological polar surface area (TPSA) is 63.2 Å². The van der Waals surface area contributed by atoms with E-state index in [9.17, 15) is 4.79 Å². The van der Waals surface area contributed by atoms with Crippen molar-refractivity contribution in [1.82, 2.24) is 10.3 Å². The zero-order valence-corrected chi connectivity index (χ0v) is 10.8. The smallest absolute Gasteiger partial charge is 0.269 e. The lowest BCUT2D eigenvalue weighted by Gasteiger charge is -2.09. The van der Waals surface area contributed by atoms with Crippen molar-refractivity contribution in [2.45, 2.75) is 6.92 Å². The first kappa shape index (κ1) is 12.9. The number of benzene rings is 1. The Kier molecular flexibility index (Phi) is 3.97. The summed E-state index contributed by atoms with van der Waals surface area (Å²) in [7, 11) is 1.56. The van der Waals surface area contributed by atoms with Crippen molar-refractivity contribution in [3.05, 3.63) is 53.9 Å². The molecule has 0 fully saturated rings. The van der Waals surface area contributed by atoms with Gasteiger partial charge >= 0.3 is 0 Å². The van der Waals surface area contributed by atoms with E-state index < -0.39 is 0 Å². The maximum atomic E-state index is 11.4. The zero-order valence-electron chi connectivity index (χ0n) is 10.8. The van der Waals surface area contributed by atoms with Gasteiger partial charge in [0.2, 0.25) is 0 Å². The molecule has 0 spiro atoms. The maximum Gasteiger partial charge on any atom is 0.269 e. The van der Waals surface area contributed by atoms with Crippen LogP contribution in [-0.2, 0) is 0 Å². The number of amides is 1. The number of carbonyl (C=O) groups is 1. The number of hydrogen-bond donors (Lipinski definition) is 2. The van der Waals surface area contributed by atoms with Gasteiger partial charge in [-0.1, -0.05) is 17.7 Å². The molecule has 0 radical (unpaired) electrons. The van der Waals surface area contributed by atoms with Gasteiger partial charge in [-0.2, -0.15) is 0 Å². The van der Waals surface area contributed by atoms with Gasteiger partial charge in [0.25, 0.3) is 5.91 Å². The van der Waals surface area contributed by atoms with E-state index in [2.05, 4.69) is 15.8 Å². The van der Waals surface area contributed by atoms with Crippen molar-refractivity contribution >= 4 is 11.6 Å². The molecule has 19 heavy (non-hydrogen) atoms. The number of nitrogens with one attached hydrogen (secondary N) is 2. The SMILES string of the molecule is CNC(=O)c1cc(ONc2ccc(C)cc2)ccn1. The number of carbonyl (C=O) groups excluding carboxylic acids is 1. The summed E-state index contributed by atoms with van der Waals surface area (Å²) in [5.41, 5.74) is 5.14. The molecule has 0 aliphatic carbocycles. The monoisotopic (exact) mass is 257 g/mol. The second kappa shape index (κ2) is 5.86. The molecule has 0 unspecified atom stereocenters. The molecule has 5 heteroatoms. The summed E-state index contributed by atoms with van der Waals surface area (Å²) in [4.78, 5) is 20.8. The number of pyridine rings is 1. The van der Waals surface area contributed by atoms with Gasteiger partial charge in [0.1, 0.15) is 5.69 Å². The number of nitrogens with zero attached hydrogens (tertiary/aromatic N) is 1. The number of hydrogen-bond acceptors (Lipinski definition) is 4. The lowest BCUT2D eigenvalue weighted by molar-refractivity contribution is 0.0958. The van der Waals surface area contributed by atoms with Crippen LogP contribution in [0.1, 0.15) is 16.1 Å². The fourth-order valence-corrected chi connectivity index (χ4v) is 1.47. The van der Waals surface area contributed by atoms with Gasteiger partial charge in [0.05, 0.1) is 5.69 Å². The summed E-state index contributed by atoms with van der Waals surface area (Å²) in [6, 6.07) is 11.0. The van der Waals surface area contributed by atoms with E-state index in [1.807, 2.05) is 31.2 Å². The van der Waals surface area contributed by atoms with E-state index >= 15 is 0 Å². The highest BCUT2D eigenvalue weighted by Gasteiger charge is 2.06. The third kappa shape index (κ3) is 3.45. The van der Waals surface area contributed by atoms with Gasteiger partial charge < -0.3 is 10.2 Å². The van der Waals surface area contributed by atoms with Crippen molar-refractivity contribution in [2.75, 3.05) is 12.5 Å². The van der Waals surface area contributed by atoms with E-state index in [1.165, 1.54) is 11.8 Å². The molecule has 0 saturated heterocycles. The molecule has 0 aliphatic heterocycles. The molecule has 1 aromatic heterocycles. The zero-order chi connectivity index (χ0) is 13.7. The van der Waals surface area contributed by atoms with Crippen LogP contribution in [0.2, 0.25) is 0 Å². The molecule has 0 saturated carbocycles.